The molecular formula is C16H25ClN4OS. The van der Waals surface area contributed by atoms with Gasteiger partial charge in [0.15, 0.2) is 5.96 Å². The molecule has 0 aromatic heterocycles. The third-order valence-corrected chi connectivity index (χ3v) is 5.99. The highest BCUT2D eigenvalue weighted by Gasteiger charge is 2.32. The highest BCUT2D eigenvalue weighted by atomic mass is 35.5. The molecule has 1 aromatic carbocycles. The lowest BCUT2D eigenvalue weighted by Gasteiger charge is -2.38. The zero-order valence-corrected chi connectivity index (χ0v) is 15.5. The van der Waals surface area contributed by atoms with Crippen LogP contribution in [-0.2, 0) is 0 Å². The number of hydrogen-bond donors (Lipinski definition) is 2. The number of hydrogen-bond acceptors (Lipinski definition) is 4. The molecule has 1 aromatic rings. The Morgan fingerprint density at radius 3 is 2.74 bits per heavy atom. The summed E-state index contributed by atoms with van der Waals surface area (Å²) in [5.41, 5.74) is 6.83. The molecule has 0 amide bonds. The van der Waals surface area contributed by atoms with Crippen LogP contribution in [0.3, 0.4) is 0 Å². The molecule has 1 fully saturated rings. The number of nitrogens with zero attached hydrogens (tertiary/aromatic N) is 2. The first-order valence-corrected chi connectivity index (χ1v) is 9.22. The number of nitrogens with one attached hydrogen (secondary N) is 1. The minimum absolute atomic E-state index is 0.191. The number of methoxy groups -OCH3 is 1. The molecule has 1 aliphatic heterocycles. The van der Waals surface area contributed by atoms with Crippen LogP contribution in [0.1, 0.15) is 12.8 Å². The van der Waals surface area contributed by atoms with E-state index in [-0.39, 0.29) is 4.75 Å². The molecule has 0 bridgehead atoms. The Hall–Kier alpha value is -1.11. The lowest BCUT2D eigenvalue weighted by atomic mass is 9.96. The SMILES string of the molecule is COc1ccc(NC(N)=NCC2(SC)CCN(C)CC2)cc1Cl. The van der Waals surface area contributed by atoms with Crippen molar-refractivity contribution >= 4 is 35.0 Å². The fourth-order valence-corrected chi connectivity index (χ4v) is 3.66. The third-order valence-electron chi connectivity index (χ3n) is 4.29. The van der Waals surface area contributed by atoms with Gasteiger partial charge in [0, 0.05) is 10.4 Å². The number of ether oxygens (including phenoxy) is 1. The second kappa shape index (κ2) is 8.13. The van der Waals surface area contributed by atoms with Gasteiger partial charge in [-0.2, -0.15) is 11.8 Å². The topological polar surface area (TPSA) is 62.9 Å². The van der Waals surface area contributed by atoms with Gasteiger partial charge in [-0.3, -0.25) is 4.99 Å². The predicted octanol–water partition coefficient (Wildman–Crippen LogP) is 2.90. The molecule has 0 saturated carbocycles. The molecule has 1 heterocycles. The predicted molar refractivity (Wildman–Crippen MR) is 101 cm³/mol. The summed E-state index contributed by atoms with van der Waals surface area (Å²) in [4.78, 5) is 6.91. The fraction of sp³-hybridized carbons (Fsp3) is 0.562. The van der Waals surface area contributed by atoms with E-state index in [2.05, 4.69) is 28.5 Å². The molecule has 1 saturated heterocycles. The zero-order chi connectivity index (χ0) is 16.9. The molecule has 1 aliphatic rings. The minimum atomic E-state index is 0.191. The van der Waals surface area contributed by atoms with Crippen molar-refractivity contribution < 1.29 is 4.74 Å². The smallest absolute Gasteiger partial charge is 0.193 e. The monoisotopic (exact) mass is 356 g/mol. The molecular weight excluding hydrogens is 332 g/mol. The van der Waals surface area contributed by atoms with E-state index in [0.29, 0.717) is 16.7 Å². The van der Waals surface area contributed by atoms with Crippen LogP contribution in [0.15, 0.2) is 23.2 Å². The van der Waals surface area contributed by atoms with Gasteiger partial charge >= 0.3 is 0 Å². The number of aliphatic imine (C=N–C) groups is 1. The number of guanidine groups is 1. The third kappa shape index (κ3) is 4.93. The van der Waals surface area contributed by atoms with Gasteiger partial charge < -0.3 is 20.7 Å². The first-order valence-electron chi connectivity index (χ1n) is 7.62. The molecule has 2 rings (SSSR count). The van der Waals surface area contributed by atoms with E-state index in [9.17, 15) is 0 Å². The summed E-state index contributed by atoms with van der Waals surface area (Å²) in [7, 11) is 3.75. The second-order valence-corrected chi connectivity index (χ2v) is 7.55. The van der Waals surface area contributed by atoms with Crippen LogP contribution in [-0.4, -0.2) is 55.7 Å². The van der Waals surface area contributed by atoms with E-state index in [4.69, 9.17) is 22.1 Å². The van der Waals surface area contributed by atoms with Gasteiger partial charge in [-0.1, -0.05) is 11.6 Å². The van der Waals surface area contributed by atoms with E-state index in [0.717, 1.165) is 38.2 Å². The summed E-state index contributed by atoms with van der Waals surface area (Å²) in [6.07, 6.45) is 4.43. The van der Waals surface area contributed by atoms with Gasteiger partial charge in [-0.15, -0.1) is 0 Å². The van der Waals surface area contributed by atoms with E-state index < -0.39 is 0 Å². The Balaban J connectivity index is 1.98. The largest absolute Gasteiger partial charge is 0.495 e. The quantitative estimate of drug-likeness (QED) is 0.627. The highest BCUT2D eigenvalue weighted by Crippen LogP contribution is 2.34. The standard InChI is InChI=1S/C16H25ClN4OS/c1-21-8-6-16(23-3,7-9-21)11-19-15(18)20-12-4-5-14(22-2)13(17)10-12/h4-5,10H,6-9,11H2,1-3H3,(H3,18,19,20). The Bertz CT molecular complexity index is 559. The van der Waals surface area contributed by atoms with Crippen molar-refractivity contribution in [2.75, 3.05) is 45.4 Å². The molecule has 0 spiro atoms. The lowest BCUT2D eigenvalue weighted by molar-refractivity contribution is 0.242. The summed E-state index contributed by atoms with van der Waals surface area (Å²) in [6, 6.07) is 5.45. The molecule has 0 radical (unpaired) electrons. The van der Waals surface area contributed by atoms with Crippen LogP contribution >= 0.6 is 23.4 Å². The molecule has 0 aliphatic carbocycles. The zero-order valence-electron chi connectivity index (χ0n) is 13.9. The summed E-state index contributed by atoms with van der Waals surface area (Å²) in [5, 5.41) is 3.63. The molecule has 7 heteroatoms. The number of likely N-dealkylation sites (tertiary alicyclic amines) is 1. The van der Waals surface area contributed by atoms with E-state index in [1.165, 1.54) is 0 Å². The average molecular weight is 357 g/mol. The molecule has 0 unspecified atom stereocenters. The molecule has 128 valence electrons. The Morgan fingerprint density at radius 1 is 1.48 bits per heavy atom. The number of piperidine rings is 1. The van der Waals surface area contributed by atoms with Crippen molar-refractivity contribution in [1.82, 2.24) is 4.90 Å². The van der Waals surface area contributed by atoms with Gasteiger partial charge in [0.05, 0.1) is 18.7 Å². The maximum absolute atomic E-state index is 6.12. The molecule has 3 N–H and O–H groups in total. The summed E-state index contributed by atoms with van der Waals surface area (Å²) < 4.78 is 5.33. The fourth-order valence-electron chi connectivity index (χ4n) is 2.61. The van der Waals surface area contributed by atoms with Crippen LogP contribution in [0.5, 0.6) is 5.75 Å². The van der Waals surface area contributed by atoms with E-state index in [1.807, 2.05) is 17.8 Å². The normalized spacial score (nSPS) is 18.7. The van der Waals surface area contributed by atoms with E-state index >= 15 is 0 Å². The van der Waals surface area contributed by atoms with Crippen LogP contribution in [0, 0.1) is 0 Å². The number of halogens is 1. The number of thioether (sulfide) groups is 1. The van der Waals surface area contributed by atoms with Crippen LogP contribution < -0.4 is 15.8 Å². The number of rotatable bonds is 5. The molecule has 23 heavy (non-hydrogen) atoms. The Kier molecular flexibility index (Phi) is 6.44. The number of nitrogens with two attached hydrogens (primary N) is 1. The summed E-state index contributed by atoms with van der Waals surface area (Å²) in [6.45, 7) is 2.94. The van der Waals surface area contributed by atoms with Gasteiger partial charge in [0.25, 0.3) is 0 Å². The van der Waals surface area contributed by atoms with Crippen LogP contribution in [0.4, 0.5) is 5.69 Å². The summed E-state index contributed by atoms with van der Waals surface area (Å²) in [5.74, 6) is 1.05. The average Bonchev–Trinajstić information content (AvgIpc) is 2.55. The Labute approximate surface area is 147 Å². The first-order chi connectivity index (χ1) is 11.0. The maximum atomic E-state index is 6.12. The van der Waals surface area contributed by atoms with Crippen molar-refractivity contribution in [2.24, 2.45) is 10.7 Å². The second-order valence-electron chi connectivity index (χ2n) is 5.87. The van der Waals surface area contributed by atoms with Crippen molar-refractivity contribution in [1.29, 1.82) is 0 Å². The summed E-state index contributed by atoms with van der Waals surface area (Å²) >= 11 is 8.01. The Morgan fingerprint density at radius 2 is 2.17 bits per heavy atom. The van der Waals surface area contributed by atoms with Gasteiger partial charge in [0.1, 0.15) is 5.75 Å². The van der Waals surface area contributed by atoms with Crippen molar-refractivity contribution in [3.05, 3.63) is 23.2 Å². The molecule has 0 atom stereocenters. The number of anilines is 1. The van der Waals surface area contributed by atoms with Crippen molar-refractivity contribution in [2.45, 2.75) is 17.6 Å². The van der Waals surface area contributed by atoms with Crippen LogP contribution in [0.25, 0.3) is 0 Å². The van der Waals surface area contributed by atoms with Crippen molar-refractivity contribution in [3.8, 4) is 5.75 Å². The van der Waals surface area contributed by atoms with Gasteiger partial charge in [0.2, 0.25) is 0 Å². The van der Waals surface area contributed by atoms with E-state index in [1.54, 1.807) is 19.2 Å². The van der Waals surface area contributed by atoms with Gasteiger partial charge in [-0.05, 0) is 57.4 Å². The van der Waals surface area contributed by atoms with Crippen LogP contribution in [0.2, 0.25) is 5.02 Å². The maximum Gasteiger partial charge on any atom is 0.193 e. The minimum Gasteiger partial charge on any atom is -0.495 e. The first kappa shape index (κ1) is 18.2. The highest BCUT2D eigenvalue weighted by molar-refractivity contribution is 8.00. The number of benzene rings is 1. The van der Waals surface area contributed by atoms with Gasteiger partial charge in [-0.25, -0.2) is 0 Å². The molecule has 5 nitrogen and oxygen atoms in total. The van der Waals surface area contributed by atoms with Crippen molar-refractivity contribution in [3.63, 3.8) is 0 Å². The lowest BCUT2D eigenvalue weighted by Crippen LogP contribution is -2.43.